The molecule has 0 heterocycles. The number of carbonyl (C=O) groups excluding carboxylic acids is 1. The van der Waals surface area contributed by atoms with Gasteiger partial charge in [0.05, 0.1) is 12.1 Å². The van der Waals surface area contributed by atoms with Crippen molar-refractivity contribution in [3.8, 4) is 0 Å². The van der Waals surface area contributed by atoms with E-state index >= 15 is 0 Å². The molecule has 0 bridgehead atoms. The number of hydrogen-bond donors (Lipinski definition) is 1. The van der Waals surface area contributed by atoms with E-state index in [0.717, 1.165) is 0 Å². The standard InChI is InChI=1S/C10H19NO3/c1-5-7-14-9(12)11(6-2)8-10(3,4)13/h5,13H,1,6-8H2,2-4H3. The van der Waals surface area contributed by atoms with Crippen LogP contribution in [-0.4, -0.2) is 41.4 Å². The molecule has 0 radical (unpaired) electrons. The van der Waals surface area contributed by atoms with Gasteiger partial charge in [0.2, 0.25) is 0 Å². The van der Waals surface area contributed by atoms with E-state index in [1.807, 2.05) is 6.92 Å². The zero-order valence-electron chi connectivity index (χ0n) is 9.12. The number of amides is 1. The van der Waals surface area contributed by atoms with Gasteiger partial charge in [0.1, 0.15) is 6.61 Å². The van der Waals surface area contributed by atoms with Gasteiger partial charge >= 0.3 is 6.09 Å². The summed E-state index contributed by atoms with van der Waals surface area (Å²) in [6.07, 6.45) is 1.09. The lowest BCUT2D eigenvalue weighted by atomic mass is 10.1. The third-order valence-electron chi connectivity index (χ3n) is 1.54. The smallest absolute Gasteiger partial charge is 0.410 e. The molecule has 0 aromatic rings. The molecule has 0 aliphatic carbocycles. The molecule has 0 fully saturated rings. The molecule has 82 valence electrons. The first-order chi connectivity index (χ1) is 6.40. The first kappa shape index (κ1) is 13.0. The summed E-state index contributed by atoms with van der Waals surface area (Å²) < 4.78 is 4.85. The Kier molecular flexibility index (Phi) is 5.23. The molecule has 0 rings (SSSR count). The number of aliphatic hydroxyl groups is 1. The van der Waals surface area contributed by atoms with Crippen molar-refractivity contribution in [2.45, 2.75) is 26.4 Å². The van der Waals surface area contributed by atoms with Crippen LogP contribution < -0.4 is 0 Å². The van der Waals surface area contributed by atoms with Gasteiger partial charge < -0.3 is 14.7 Å². The fourth-order valence-electron chi connectivity index (χ4n) is 0.994. The van der Waals surface area contributed by atoms with E-state index in [1.54, 1.807) is 13.8 Å². The number of nitrogens with zero attached hydrogens (tertiary/aromatic N) is 1. The highest BCUT2D eigenvalue weighted by atomic mass is 16.6. The predicted molar refractivity (Wildman–Crippen MR) is 55.1 cm³/mol. The monoisotopic (exact) mass is 201 g/mol. The Morgan fingerprint density at radius 3 is 2.57 bits per heavy atom. The average molecular weight is 201 g/mol. The Morgan fingerprint density at radius 2 is 2.21 bits per heavy atom. The third-order valence-corrected chi connectivity index (χ3v) is 1.54. The highest BCUT2D eigenvalue weighted by Gasteiger charge is 2.21. The molecule has 0 unspecified atom stereocenters. The van der Waals surface area contributed by atoms with Crippen molar-refractivity contribution in [1.29, 1.82) is 0 Å². The normalized spacial score (nSPS) is 10.9. The molecular weight excluding hydrogens is 182 g/mol. The van der Waals surface area contributed by atoms with Crippen molar-refractivity contribution in [2.24, 2.45) is 0 Å². The van der Waals surface area contributed by atoms with Crippen LogP contribution in [0.2, 0.25) is 0 Å². The molecular formula is C10H19NO3. The Morgan fingerprint density at radius 1 is 1.64 bits per heavy atom. The van der Waals surface area contributed by atoms with E-state index in [0.29, 0.717) is 6.54 Å². The summed E-state index contributed by atoms with van der Waals surface area (Å²) >= 11 is 0. The maximum absolute atomic E-state index is 11.4. The molecule has 0 saturated heterocycles. The first-order valence-corrected chi connectivity index (χ1v) is 4.65. The minimum atomic E-state index is -0.900. The highest BCUT2D eigenvalue weighted by molar-refractivity contribution is 5.67. The number of likely N-dealkylation sites (N-methyl/N-ethyl adjacent to an activating group) is 1. The topological polar surface area (TPSA) is 49.8 Å². The van der Waals surface area contributed by atoms with Crippen molar-refractivity contribution >= 4 is 6.09 Å². The fraction of sp³-hybridized carbons (Fsp3) is 0.700. The summed E-state index contributed by atoms with van der Waals surface area (Å²) in [6, 6.07) is 0. The Hall–Kier alpha value is -1.03. The van der Waals surface area contributed by atoms with Gasteiger partial charge in [0, 0.05) is 6.54 Å². The van der Waals surface area contributed by atoms with E-state index in [1.165, 1.54) is 11.0 Å². The summed E-state index contributed by atoms with van der Waals surface area (Å²) in [5.41, 5.74) is -0.900. The van der Waals surface area contributed by atoms with Crippen molar-refractivity contribution < 1.29 is 14.6 Å². The van der Waals surface area contributed by atoms with E-state index in [-0.39, 0.29) is 13.2 Å². The second kappa shape index (κ2) is 5.65. The Labute approximate surface area is 85.2 Å². The lowest BCUT2D eigenvalue weighted by molar-refractivity contribution is 0.0317. The third kappa shape index (κ3) is 5.59. The van der Waals surface area contributed by atoms with Crippen molar-refractivity contribution in [3.05, 3.63) is 12.7 Å². The molecule has 0 aromatic carbocycles. The molecule has 0 spiro atoms. The van der Waals surface area contributed by atoms with Crippen LogP contribution in [0.1, 0.15) is 20.8 Å². The molecule has 4 heteroatoms. The highest BCUT2D eigenvalue weighted by Crippen LogP contribution is 2.06. The summed E-state index contributed by atoms with van der Waals surface area (Å²) in [7, 11) is 0. The quantitative estimate of drug-likeness (QED) is 0.684. The summed E-state index contributed by atoms with van der Waals surface area (Å²) in [5, 5.41) is 9.52. The van der Waals surface area contributed by atoms with Gasteiger partial charge in [-0.2, -0.15) is 0 Å². The maximum atomic E-state index is 11.4. The molecule has 0 saturated carbocycles. The van der Waals surface area contributed by atoms with E-state index in [9.17, 15) is 9.90 Å². The minimum absolute atomic E-state index is 0.196. The number of hydrogen-bond acceptors (Lipinski definition) is 3. The van der Waals surface area contributed by atoms with Gasteiger partial charge in [-0.25, -0.2) is 4.79 Å². The van der Waals surface area contributed by atoms with Crippen LogP contribution in [0, 0.1) is 0 Å². The SMILES string of the molecule is C=CCOC(=O)N(CC)CC(C)(C)O. The van der Waals surface area contributed by atoms with Crippen LogP contribution in [0.25, 0.3) is 0 Å². The molecule has 0 atom stereocenters. The lowest BCUT2D eigenvalue weighted by Crippen LogP contribution is -2.42. The Bertz CT molecular complexity index is 196. The maximum Gasteiger partial charge on any atom is 0.410 e. The molecule has 0 aliphatic heterocycles. The molecule has 4 nitrogen and oxygen atoms in total. The van der Waals surface area contributed by atoms with E-state index < -0.39 is 11.7 Å². The first-order valence-electron chi connectivity index (χ1n) is 4.65. The van der Waals surface area contributed by atoms with Crippen LogP contribution in [0.3, 0.4) is 0 Å². The fourth-order valence-corrected chi connectivity index (χ4v) is 0.994. The van der Waals surface area contributed by atoms with Crippen LogP contribution >= 0.6 is 0 Å². The molecule has 1 N–H and O–H groups in total. The van der Waals surface area contributed by atoms with Gasteiger partial charge in [0.25, 0.3) is 0 Å². The predicted octanol–water partition coefficient (Wildman–Crippen LogP) is 1.40. The zero-order chi connectivity index (χ0) is 11.2. The lowest BCUT2D eigenvalue weighted by Gasteiger charge is -2.27. The number of ether oxygens (including phenoxy) is 1. The number of rotatable bonds is 5. The van der Waals surface area contributed by atoms with Crippen molar-refractivity contribution in [2.75, 3.05) is 19.7 Å². The molecule has 0 aliphatic rings. The van der Waals surface area contributed by atoms with Crippen LogP contribution in [0.5, 0.6) is 0 Å². The average Bonchev–Trinajstić information content (AvgIpc) is 2.08. The van der Waals surface area contributed by atoms with E-state index in [2.05, 4.69) is 6.58 Å². The van der Waals surface area contributed by atoms with Gasteiger partial charge in [0.15, 0.2) is 0 Å². The summed E-state index contributed by atoms with van der Waals surface area (Å²) in [6.45, 7) is 9.55. The van der Waals surface area contributed by atoms with Gasteiger partial charge in [-0.1, -0.05) is 12.7 Å². The molecule has 1 amide bonds. The van der Waals surface area contributed by atoms with Gasteiger partial charge in [-0.3, -0.25) is 0 Å². The van der Waals surface area contributed by atoms with Gasteiger partial charge in [-0.15, -0.1) is 0 Å². The minimum Gasteiger partial charge on any atom is -0.445 e. The van der Waals surface area contributed by atoms with Crippen LogP contribution in [-0.2, 0) is 4.74 Å². The largest absolute Gasteiger partial charge is 0.445 e. The zero-order valence-corrected chi connectivity index (χ0v) is 9.12. The van der Waals surface area contributed by atoms with E-state index in [4.69, 9.17) is 4.74 Å². The summed E-state index contributed by atoms with van der Waals surface area (Å²) in [5.74, 6) is 0. The van der Waals surface area contributed by atoms with Crippen LogP contribution in [0.15, 0.2) is 12.7 Å². The molecule has 14 heavy (non-hydrogen) atoms. The second-order valence-corrected chi connectivity index (χ2v) is 3.69. The number of carbonyl (C=O) groups is 1. The van der Waals surface area contributed by atoms with Crippen LogP contribution in [0.4, 0.5) is 4.79 Å². The summed E-state index contributed by atoms with van der Waals surface area (Å²) in [4.78, 5) is 12.8. The second-order valence-electron chi connectivity index (χ2n) is 3.69. The Balaban J connectivity index is 4.12. The van der Waals surface area contributed by atoms with Gasteiger partial charge in [-0.05, 0) is 20.8 Å². The molecule has 0 aromatic heterocycles. The van der Waals surface area contributed by atoms with Crippen molar-refractivity contribution in [1.82, 2.24) is 4.90 Å². The van der Waals surface area contributed by atoms with Crippen molar-refractivity contribution in [3.63, 3.8) is 0 Å².